The number of ether oxygens (including phenoxy) is 1. The first-order chi connectivity index (χ1) is 10.1. The number of benzene rings is 1. The number of nitrogens with zero attached hydrogens (tertiary/aromatic N) is 1. The van der Waals surface area contributed by atoms with Crippen LogP contribution in [0.4, 0.5) is 10.5 Å². The fourth-order valence-corrected chi connectivity index (χ4v) is 3.06. The molecule has 0 radical (unpaired) electrons. The standard InChI is InChI=1S/C15H16N2O4/c1-21-11-6-4-10(5-7-11)17-13(19)15(8-2-3-9-15)12(18)16-14(17)20/h4-7H,2-3,8-9H2,1H3,(H,16,18,20). The maximum Gasteiger partial charge on any atom is 0.335 e. The Bertz CT molecular complexity index is 603. The Morgan fingerprint density at radius 2 is 1.71 bits per heavy atom. The van der Waals surface area contributed by atoms with Crippen LogP contribution in [0.15, 0.2) is 24.3 Å². The third-order valence-corrected chi connectivity index (χ3v) is 4.26. The second-order valence-corrected chi connectivity index (χ2v) is 5.39. The van der Waals surface area contributed by atoms with Gasteiger partial charge >= 0.3 is 6.03 Å². The largest absolute Gasteiger partial charge is 0.497 e. The Balaban J connectivity index is 1.98. The molecular weight excluding hydrogens is 272 g/mol. The maximum atomic E-state index is 12.7. The number of barbiturate groups is 1. The molecule has 1 aromatic carbocycles. The van der Waals surface area contributed by atoms with Crippen molar-refractivity contribution in [2.75, 3.05) is 12.0 Å². The van der Waals surface area contributed by atoms with Crippen LogP contribution in [0, 0.1) is 5.41 Å². The molecule has 0 bridgehead atoms. The second-order valence-electron chi connectivity index (χ2n) is 5.39. The van der Waals surface area contributed by atoms with Crippen LogP contribution in [0.1, 0.15) is 25.7 Å². The van der Waals surface area contributed by atoms with Gasteiger partial charge in [0.1, 0.15) is 11.2 Å². The van der Waals surface area contributed by atoms with Crippen molar-refractivity contribution in [1.82, 2.24) is 5.32 Å². The summed E-state index contributed by atoms with van der Waals surface area (Å²) in [5.74, 6) is -0.242. The van der Waals surface area contributed by atoms with Gasteiger partial charge in [-0.15, -0.1) is 0 Å². The molecule has 0 atom stereocenters. The van der Waals surface area contributed by atoms with E-state index in [-0.39, 0.29) is 0 Å². The van der Waals surface area contributed by atoms with E-state index >= 15 is 0 Å². The third-order valence-electron chi connectivity index (χ3n) is 4.26. The van der Waals surface area contributed by atoms with Crippen molar-refractivity contribution < 1.29 is 19.1 Å². The van der Waals surface area contributed by atoms with E-state index in [2.05, 4.69) is 5.32 Å². The summed E-state index contributed by atoms with van der Waals surface area (Å²) in [4.78, 5) is 38.0. The van der Waals surface area contributed by atoms with E-state index in [9.17, 15) is 14.4 Å². The molecule has 0 unspecified atom stereocenters. The number of carbonyl (C=O) groups excluding carboxylic acids is 3. The average Bonchev–Trinajstić information content (AvgIpc) is 2.97. The fourth-order valence-electron chi connectivity index (χ4n) is 3.06. The molecule has 4 amide bonds. The number of carbonyl (C=O) groups is 3. The Kier molecular flexibility index (Phi) is 3.16. The number of imide groups is 2. The summed E-state index contributed by atoms with van der Waals surface area (Å²) in [6, 6.07) is 5.93. The number of rotatable bonds is 2. The number of urea groups is 1. The highest BCUT2D eigenvalue weighted by molar-refractivity contribution is 6.30. The molecule has 1 N–H and O–H groups in total. The number of hydrogen-bond donors (Lipinski definition) is 1. The van der Waals surface area contributed by atoms with Gasteiger partial charge in [-0.3, -0.25) is 14.9 Å². The summed E-state index contributed by atoms with van der Waals surface area (Å²) in [6.45, 7) is 0. The smallest absolute Gasteiger partial charge is 0.335 e. The third kappa shape index (κ3) is 1.98. The summed E-state index contributed by atoms with van der Waals surface area (Å²) in [6.07, 6.45) is 2.64. The van der Waals surface area contributed by atoms with Crippen LogP contribution >= 0.6 is 0 Å². The SMILES string of the molecule is COc1ccc(N2C(=O)NC(=O)C3(CCCC3)C2=O)cc1. The van der Waals surface area contributed by atoms with Crippen LogP contribution in [-0.2, 0) is 9.59 Å². The molecule has 3 rings (SSSR count). The molecule has 1 spiro atoms. The van der Waals surface area contributed by atoms with Gasteiger partial charge in [0.2, 0.25) is 5.91 Å². The van der Waals surface area contributed by atoms with Gasteiger partial charge in [-0.1, -0.05) is 12.8 Å². The van der Waals surface area contributed by atoms with E-state index in [1.165, 1.54) is 0 Å². The van der Waals surface area contributed by atoms with Crippen LogP contribution in [0.2, 0.25) is 0 Å². The number of hydrogen-bond acceptors (Lipinski definition) is 4. The molecule has 1 saturated carbocycles. The van der Waals surface area contributed by atoms with Crippen molar-refractivity contribution in [2.24, 2.45) is 5.41 Å². The van der Waals surface area contributed by atoms with E-state index in [0.717, 1.165) is 17.7 Å². The van der Waals surface area contributed by atoms with Crippen LogP contribution in [0.25, 0.3) is 0 Å². The first-order valence-corrected chi connectivity index (χ1v) is 6.92. The van der Waals surface area contributed by atoms with Crippen molar-refractivity contribution in [3.05, 3.63) is 24.3 Å². The van der Waals surface area contributed by atoms with Crippen LogP contribution in [0.3, 0.4) is 0 Å². The number of nitrogens with one attached hydrogen (secondary N) is 1. The fraction of sp³-hybridized carbons (Fsp3) is 0.400. The lowest BCUT2D eigenvalue weighted by Crippen LogP contribution is -2.63. The van der Waals surface area contributed by atoms with Gasteiger partial charge < -0.3 is 4.74 Å². The zero-order valence-corrected chi connectivity index (χ0v) is 11.7. The molecule has 6 nitrogen and oxygen atoms in total. The highest BCUT2D eigenvalue weighted by atomic mass is 16.5. The summed E-state index contributed by atoms with van der Waals surface area (Å²) in [5, 5.41) is 2.32. The highest BCUT2D eigenvalue weighted by Crippen LogP contribution is 2.42. The minimum atomic E-state index is -1.08. The summed E-state index contributed by atoms with van der Waals surface area (Å²) in [5.41, 5.74) is -0.634. The lowest BCUT2D eigenvalue weighted by molar-refractivity contribution is -0.142. The predicted molar refractivity (Wildman–Crippen MR) is 74.9 cm³/mol. The van der Waals surface area contributed by atoms with Crippen LogP contribution in [0.5, 0.6) is 5.75 Å². The molecule has 6 heteroatoms. The lowest BCUT2D eigenvalue weighted by atomic mass is 9.82. The summed E-state index contributed by atoms with van der Waals surface area (Å²) >= 11 is 0. The number of amides is 4. The molecule has 21 heavy (non-hydrogen) atoms. The van der Waals surface area contributed by atoms with Crippen molar-refractivity contribution in [3.8, 4) is 5.75 Å². The molecule has 0 aromatic heterocycles. The van der Waals surface area contributed by atoms with Gasteiger partial charge in [-0.25, -0.2) is 9.69 Å². The van der Waals surface area contributed by atoms with Gasteiger partial charge in [-0.05, 0) is 37.1 Å². The second kappa shape index (κ2) is 4.87. The highest BCUT2D eigenvalue weighted by Gasteiger charge is 2.55. The van der Waals surface area contributed by atoms with Crippen LogP contribution < -0.4 is 15.0 Å². The monoisotopic (exact) mass is 288 g/mol. The molecule has 1 aromatic rings. The van der Waals surface area contributed by atoms with Crippen molar-refractivity contribution in [3.63, 3.8) is 0 Å². The number of methoxy groups -OCH3 is 1. The minimum absolute atomic E-state index is 0.418. The summed E-state index contributed by atoms with van der Waals surface area (Å²) in [7, 11) is 1.54. The van der Waals surface area contributed by atoms with Gasteiger partial charge in [0.05, 0.1) is 12.8 Å². The van der Waals surface area contributed by atoms with Gasteiger partial charge in [-0.2, -0.15) is 0 Å². The lowest BCUT2D eigenvalue weighted by Gasteiger charge is -2.36. The maximum absolute atomic E-state index is 12.7. The van der Waals surface area contributed by atoms with Gasteiger partial charge in [0.25, 0.3) is 5.91 Å². The molecule has 2 aliphatic rings. The Hall–Kier alpha value is -2.37. The Morgan fingerprint density at radius 3 is 2.29 bits per heavy atom. The topological polar surface area (TPSA) is 75.7 Å². The van der Waals surface area contributed by atoms with Gasteiger partial charge in [0.15, 0.2) is 0 Å². The predicted octanol–water partition coefficient (Wildman–Crippen LogP) is 1.84. The average molecular weight is 288 g/mol. The molecule has 1 saturated heterocycles. The van der Waals surface area contributed by atoms with Crippen molar-refractivity contribution >= 4 is 23.5 Å². The van der Waals surface area contributed by atoms with E-state index < -0.39 is 23.3 Å². The summed E-state index contributed by atoms with van der Waals surface area (Å²) < 4.78 is 5.06. The Morgan fingerprint density at radius 1 is 1.10 bits per heavy atom. The number of anilines is 1. The van der Waals surface area contributed by atoms with Crippen LogP contribution in [-0.4, -0.2) is 25.0 Å². The van der Waals surface area contributed by atoms with Gasteiger partial charge in [0, 0.05) is 0 Å². The molecule has 2 fully saturated rings. The van der Waals surface area contributed by atoms with E-state index in [4.69, 9.17) is 4.74 Å². The molecule has 1 aliphatic heterocycles. The minimum Gasteiger partial charge on any atom is -0.497 e. The van der Waals surface area contributed by atoms with E-state index in [0.29, 0.717) is 24.3 Å². The normalized spacial score (nSPS) is 20.8. The first kappa shape index (κ1) is 13.6. The van der Waals surface area contributed by atoms with Crippen molar-refractivity contribution in [1.29, 1.82) is 0 Å². The quantitative estimate of drug-likeness (QED) is 0.842. The van der Waals surface area contributed by atoms with E-state index in [1.54, 1.807) is 31.4 Å². The molecule has 1 aliphatic carbocycles. The molecule has 110 valence electrons. The Labute approximate surface area is 122 Å². The molecular formula is C15H16N2O4. The van der Waals surface area contributed by atoms with Crippen molar-refractivity contribution in [2.45, 2.75) is 25.7 Å². The zero-order chi connectivity index (χ0) is 15.0. The van der Waals surface area contributed by atoms with E-state index in [1.807, 2.05) is 0 Å². The molecule has 1 heterocycles. The zero-order valence-electron chi connectivity index (χ0n) is 11.7. The first-order valence-electron chi connectivity index (χ1n) is 6.92.